The number of aliphatic imine (C=N–C) groups is 2. The molecule has 0 aliphatic carbocycles. The van der Waals surface area contributed by atoms with Gasteiger partial charge < -0.3 is 5.32 Å². The van der Waals surface area contributed by atoms with Crippen molar-refractivity contribution in [2.45, 2.75) is 6.54 Å². The summed E-state index contributed by atoms with van der Waals surface area (Å²) in [6, 6.07) is 8.07. The van der Waals surface area contributed by atoms with Crippen LogP contribution >= 0.6 is 0 Å². The number of rotatable bonds is 6. The predicted octanol–water partition coefficient (Wildman–Crippen LogP) is 2.66. The van der Waals surface area contributed by atoms with Gasteiger partial charge in [-0.15, -0.1) is 0 Å². The quantitative estimate of drug-likeness (QED) is 0.745. The Balaban J connectivity index is 2.77. The number of allylic oxidation sites excluding steroid dienone is 1. The summed E-state index contributed by atoms with van der Waals surface area (Å²) in [6.07, 6.45) is 5.07. The van der Waals surface area contributed by atoms with Crippen LogP contribution in [-0.2, 0) is 6.54 Å². The van der Waals surface area contributed by atoms with E-state index >= 15 is 0 Å². The SMILES string of the molecule is C=N/C=C\C=N/Cc1ccccc1C(=C)NC. The Hall–Kier alpha value is -2.16. The fourth-order valence-corrected chi connectivity index (χ4v) is 1.40. The Morgan fingerprint density at radius 1 is 1.41 bits per heavy atom. The van der Waals surface area contributed by atoms with E-state index < -0.39 is 0 Å². The maximum Gasteiger partial charge on any atom is 0.0646 e. The molecule has 0 spiro atoms. The number of nitrogens with zero attached hydrogens (tertiary/aromatic N) is 2. The third kappa shape index (κ3) is 4.07. The van der Waals surface area contributed by atoms with Crippen LogP contribution in [0.1, 0.15) is 11.1 Å². The van der Waals surface area contributed by atoms with Crippen LogP contribution in [0.25, 0.3) is 5.70 Å². The number of hydrogen-bond acceptors (Lipinski definition) is 3. The average Bonchev–Trinajstić information content (AvgIpc) is 2.38. The van der Waals surface area contributed by atoms with E-state index in [1.807, 2.05) is 31.3 Å². The van der Waals surface area contributed by atoms with Gasteiger partial charge in [0.1, 0.15) is 0 Å². The van der Waals surface area contributed by atoms with Gasteiger partial charge in [-0.3, -0.25) is 9.98 Å². The molecule has 0 bridgehead atoms. The lowest BCUT2D eigenvalue weighted by Gasteiger charge is -2.09. The second-order valence-corrected chi connectivity index (χ2v) is 3.40. The van der Waals surface area contributed by atoms with E-state index in [2.05, 4.69) is 28.6 Å². The van der Waals surface area contributed by atoms with Crippen molar-refractivity contribution < 1.29 is 0 Å². The first-order valence-electron chi connectivity index (χ1n) is 5.35. The molecule has 0 saturated carbocycles. The molecule has 1 aromatic rings. The van der Waals surface area contributed by atoms with E-state index in [0.717, 1.165) is 16.8 Å². The van der Waals surface area contributed by atoms with Crippen LogP contribution in [0.5, 0.6) is 0 Å². The first-order valence-corrected chi connectivity index (χ1v) is 5.35. The molecule has 0 radical (unpaired) electrons. The lowest BCUT2D eigenvalue weighted by Crippen LogP contribution is -2.05. The van der Waals surface area contributed by atoms with Crippen LogP contribution < -0.4 is 5.32 Å². The molecule has 0 aliphatic heterocycles. The van der Waals surface area contributed by atoms with Gasteiger partial charge in [-0.05, 0) is 18.4 Å². The van der Waals surface area contributed by atoms with Crippen LogP contribution in [0.3, 0.4) is 0 Å². The van der Waals surface area contributed by atoms with Crippen molar-refractivity contribution in [3.63, 3.8) is 0 Å². The Kier molecular flexibility index (Phi) is 5.44. The average molecular weight is 227 g/mol. The van der Waals surface area contributed by atoms with Crippen molar-refractivity contribution in [1.29, 1.82) is 0 Å². The molecule has 0 unspecified atom stereocenters. The van der Waals surface area contributed by atoms with E-state index in [0.29, 0.717) is 6.54 Å². The third-order valence-corrected chi connectivity index (χ3v) is 2.29. The van der Waals surface area contributed by atoms with Gasteiger partial charge in [0.25, 0.3) is 0 Å². The van der Waals surface area contributed by atoms with Gasteiger partial charge in [0.15, 0.2) is 0 Å². The summed E-state index contributed by atoms with van der Waals surface area (Å²) in [5, 5.41) is 3.05. The summed E-state index contributed by atoms with van der Waals surface area (Å²) in [5.41, 5.74) is 3.14. The minimum atomic E-state index is 0.623. The molecular weight excluding hydrogens is 210 g/mol. The van der Waals surface area contributed by atoms with Crippen LogP contribution in [0.2, 0.25) is 0 Å². The molecule has 0 aromatic heterocycles. The highest BCUT2D eigenvalue weighted by Gasteiger charge is 2.02. The van der Waals surface area contributed by atoms with Crippen molar-refractivity contribution in [3.8, 4) is 0 Å². The van der Waals surface area contributed by atoms with Gasteiger partial charge in [0, 0.05) is 30.7 Å². The van der Waals surface area contributed by atoms with E-state index in [4.69, 9.17) is 0 Å². The predicted molar refractivity (Wildman–Crippen MR) is 75.4 cm³/mol. The molecule has 1 aromatic carbocycles. The lowest BCUT2D eigenvalue weighted by molar-refractivity contribution is 1.05. The molecule has 3 heteroatoms. The van der Waals surface area contributed by atoms with Crippen molar-refractivity contribution in [3.05, 3.63) is 54.2 Å². The van der Waals surface area contributed by atoms with Crippen LogP contribution in [0.4, 0.5) is 0 Å². The van der Waals surface area contributed by atoms with Crippen LogP contribution in [-0.4, -0.2) is 20.0 Å². The first kappa shape index (κ1) is 12.9. The molecule has 0 atom stereocenters. The molecule has 0 fully saturated rings. The molecule has 3 nitrogen and oxygen atoms in total. The van der Waals surface area contributed by atoms with E-state index in [-0.39, 0.29) is 0 Å². The molecule has 1 rings (SSSR count). The maximum absolute atomic E-state index is 4.29. The minimum absolute atomic E-state index is 0.623. The van der Waals surface area contributed by atoms with Gasteiger partial charge in [-0.2, -0.15) is 0 Å². The Morgan fingerprint density at radius 3 is 2.88 bits per heavy atom. The van der Waals surface area contributed by atoms with E-state index in [9.17, 15) is 0 Å². The summed E-state index contributed by atoms with van der Waals surface area (Å²) in [6.45, 7) is 7.93. The number of benzene rings is 1. The van der Waals surface area contributed by atoms with E-state index in [1.165, 1.54) is 0 Å². The molecule has 1 N–H and O–H groups in total. The summed E-state index contributed by atoms with van der Waals surface area (Å²) >= 11 is 0. The van der Waals surface area contributed by atoms with Gasteiger partial charge in [0.2, 0.25) is 0 Å². The normalized spacial score (nSPS) is 10.9. The van der Waals surface area contributed by atoms with Crippen molar-refractivity contribution in [1.82, 2.24) is 5.32 Å². The summed E-state index contributed by atoms with van der Waals surface area (Å²) in [4.78, 5) is 7.88. The Labute approximate surface area is 102 Å². The number of nitrogens with one attached hydrogen (secondary N) is 1. The molecule has 17 heavy (non-hydrogen) atoms. The zero-order valence-electron chi connectivity index (χ0n) is 10.1. The zero-order valence-corrected chi connectivity index (χ0v) is 10.1. The van der Waals surface area contributed by atoms with Crippen molar-refractivity contribution >= 4 is 18.6 Å². The maximum atomic E-state index is 4.29. The summed E-state index contributed by atoms with van der Waals surface area (Å²) in [7, 11) is 1.86. The fraction of sp³-hybridized carbons (Fsp3) is 0.143. The van der Waals surface area contributed by atoms with Crippen LogP contribution in [0.15, 0.2) is 53.1 Å². The molecule has 0 heterocycles. The first-order chi connectivity index (χ1) is 8.29. The summed E-state index contributed by atoms with van der Waals surface area (Å²) < 4.78 is 0. The second-order valence-electron chi connectivity index (χ2n) is 3.40. The molecule has 88 valence electrons. The molecule has 0 amide bonds. The third-order valence-electron chi connectivity index (χ3n) is 2.29. The highest BCUT2D eigenvalue weighted by molar-refractivity contribution is 5.71. The van der Waals surface area contributed by atoms with Gasteiger partial charge in [-0.1, -0.05) is 30.8 Å². The number of hydrogen-bond donors (Lipinski definition) is 1. The van der Waals surface area contributed by atoms with Crippen LogP contribution in [0, 0.1) is 0 Å². The second kappa shape index (κ2) is 7.17. The molecule has 0 aliphatic rings. The fourth-order valence-electron chi connectivity index (χ4n) is 1.40. The Bertz CT molecular complexity index is 445. The van der Waals surface area contributed by atoms with Crippen molar-refractivity contribution in [2.75, 3.05) is 7.05 Å². The van der Waals surface area contributed by atoms with Gasteiger partial charge in [0.05, 0.1) is 6.54 Å². The Morgan fingerprint density at radius 2 is 2.18 bits per heavy atom. The topological polar surface area (TPSA) is 36.8 Å². The molecular formula is C14H17N3. The van der Waals surface area contributed by atoms with Crippen molar-refractivity contribution in [2.24, 2.45) is 9.98 Å². The highest BCUT2D eigenvalue weighted by atomic mass is 14.8. The van der Waals surface area contributed by atoms with Gasteiger partial charge >= 0.3 is 0 Å². The van der Waals surface area contributed by atoms with Gasteiger partial charge in [-0.25, -0.2) is 0 Å². The zero-order chi connectivity index (χ0) is 12.5. The smallest absolute Gasteiger partial charge is 0.0646 e. The van der Waals surface area contributed by atoms with E-state index in [1.54, 1.807) is 18.5 Å². The lowest BCUT2D eigenvalue weighted by atomic mass is 10.1. The monoisotopic (exact) mass is 227 g/mol. The molecule has 0 saturated heterocycles. The standard InChI is InChI=1S/C14H17N3/c1-12(16-3)14-8-5-4-7-13(14)11-17-10-6-9-15-2/h4-10,16H,1-2,11H2,3H3/b9-6-,17-10-. The summed E-state index contributed by atoms with van der Waals surface area (Å²) in [5.74, 6) is 0. The largest absolute Gasteiger partial charge is 0.388 e. The highest BCUT2D eigenvalue weighted by Crippen LogP contribution is 2.15. The minimum Gasteiger partial charge on any atom is -0.388 e.